The molecule has 0 radical (unpaired) electrons. The van der Waals surface area contributed by atoms with Crippen LogP contribution in [0.3, 0.4) is 0 Å². The summed E-state index contributed by atoms with van der Waals surface area (Å²) in [6.07, 6.45) is 1.04. The fourth-order valence-corrected chi connectivity index (χ4v) is 2.48. The van der Waals surface area contributed by atoms with E-state index in [1.54, 1.807) is 0 Å². The molecule has 0 saturated heterocycles. The number of carbonyl (C=O) groups is 1. The SMILES string of the molecule is CCC[NH2+]c1cc(C(=O)NCCO)cc(N(C)CCN(CC)CC)n1. The van der Waals surface area contributed by atoms with Crippen molar-refractivity contribution in [3.05, 3.63) is 17.7 Å². The van der Waals surface area contributed by atoms with Gasteiger partial charge in [0.1, 0.15) is 5.82 Å². The zero-order chi connectivity index (χ0) is 18.7. The van der Waals surface area contributed by atoms with Crippen molar-refractivity contribution in [3.63, 3.8) is 0 Å². The average molecular weight is 353 g/mol. The van der Waals surface area contributed by atoms with Crippen LogP contribution >= 0.6 is 0 Å². The molecular formula is C18H34N5O2+. The number of nitrogens with two attached hydrogens (primary N) is 1. The molecule has 0 fully saturated rings. The van der Waals surface area contributed by atoms with Crippen LogP contribution in [-0.4, -0.2) is 73.8 Å². The van der Waals surface area contributed by atoms with E-state index >= 15 is 0 Å². The summed E-state index contributed by atoms with van der Waals surface area (Å²) in [5.74, 6) is 1.44. The number of pyridine rings is 1. The predicted molar refractivity (Wildman–Crippen MR) is 101 cm³/mol. The van der Waals surface area contributed by atoms with Gasteiger partial charge < -0.3 is 20.2 Å². The highest BCUT2D eigenvalue weighted by molar-refractivity contribution is 5.95. The maximum absolute atomic E-state index is 12.3. The molecule has 7 nitrogen and oxygen atoms in total. The summed E-state index contributed by atoms with van der Waals surface area (Å²) in [5, 5.41) is 13.7. The van der Waals surface area contributed by atoms with Crippen LogP contribution in [0.2, 0.25) is 0 Å². The van der Waals surface area contributed by atoms with E-state index in [1.807, 2.05) is 19.2 Å². The largest absolute Gasteiger partial charge is 0.395 e. The van der Waals surface area contributed by atoms with E-state index in [4.69, 9.17) is 5.11 Å². The summed E-state index contributed by atoms with van der Waals surface area (Å²) in [5.41, 5.74) is 0.579. The van der Waals surface area contributed by atoms with Gasteiger partial charge in [0, 0.05) is 32.7 Å². The Bertz CT molecular complexity index is 520. The van der Waals surface area contributed by atoms with Gasteiger partial charge in [-0.25, -0.2) is 0 Å². The number of quaternary nitrogens is 1. The molecule has 7 heteroatoms. The molecule has 0 spiro atoms. The van der Waals surface area contributed by atoms with Crippen molar-refractivity contribution in [3.8, 4) is 0 Å². The lowest BCUT2D eigenvalue weighted by molar-refractivity contribution is -0.575. The van der Waals surface area contributed by atoms with Gasteiger partial charge in [-0.2, -0.15) is 4.98 Å². The molecule has 1 aromatic heterocycles. The third kappa shape index (κ3) is 7.37. The van der Waals surface area contributed by atoms with Crippen LogP contribution in [-0.2, 0) is 0 Å². The average Bonchev–Trinajstić information content (AvgIpc) is 2.64. The minimum atomic E-state index is -0.180. The third-order valence-electron chi connectivity index (χ3n) is 4.17. The number of carbonyl (C=O) groups excluding carboxylic acids is 1. The number of hydrogen-bond acceptors (Lipinski definition) is 5. The van der Waals surface area contributed by atoms with E-state index in [-0.39, 0.29) is 19.1 Å². The molecule has 0 aliphatic rings. The van der Waals surface area contributed by atoms with Crippen LogP contribution in [0.25, 0.3) is 0 Å². The van der Waals surface area contributed by atoms with Gasteiger partial charge in [-0.15, -0.1) is 0 Å². The molecule has 0 bridgehead atoms. The van der Waals surface area contributed by atoms with Crippen LogP contribution in [0.1, 0.15) is 37.6 Å². The number of nitrogens with zero attached hydrogens (tertiary/aromatic N) is 3. The lowest BCUT2D eigenvalue weighted by atomic mass is 10.2. The Morgan fingerprint density at radius 3 is 2.56 bits per heavy atom. The summed E-state index contributed by atoms with van der Waals surface area (Å²) in [6.45, 7) is 11.4. The smallest absolute Gasteiger partial charge is 0.251 e. The first kappa shape index (κ1) is 21.3. The summed E-state index contributed by atoms with van der Waals surface area (Å²) >= 11 is 0. The minimum absolute atomic E-state index is 0.0672. The van der Waals surface area contributed by atoms with Crippen molar-refractivity contribution in [1.82, 2.24) is 15.2 Å². The molecule has 1 amide bonds. The Hall–Kier alpha value is -1.70. The second-order valence-electron chi connectivity index (χ2n) is 6.06. The number of amides is 1. The van der Waals surface area contributed by atoms with Crippen molar-refractivity contribution in [1.29, 1.82) is 0 Å². The van der Waals surface area contributed by atoms with Crippen LogP contribution < -0.4 is 15.5 Å². The number of rotatable bonds is 12. The number of aliphatic hydroxyl groups is 1. The van der Waals surface area contributed by atoms with E-state index in [0.29, 0.717) is 5.56 Å². The first-order chi connectivity index (χ1) is 12.0. The van der Waals surface area contributed by atoms with E-state index in [1.165, 1.54) is 0 Å². The highest BCUT2D eigenvalue weighted by Crippen LogP contribution is 2.15. The highest BCUT2D eigenvalue weighted by atomic mass is 16.3. The van der Waals surface area contributed by atoms with Crippen LogP contribution in [0, 0.1) is 0 Å². The van der Waals surface area contributed by atoms with Crippen molar-refractivity contribution in [2.75, 3.05) is 57.8 Å². The second kappa shape index (κ2) is 11.8. The number of aliphatic hydroxyl groups excluding tert-OH is 1. The molecule has 1 rings (SSSR count). The van der Waals surface area contributed by atoms with Gasteiger partial charge in [-0.1, -0.05) is 20.8 Å². The first-order valence-electron chi connectivity index (χ1n) is 9.23. The molecule has 0 aromatic carbocycles. The summed E-state index contributed by atoms with van der Waals surface area (Å²) in [7, 11) is 2.00. The molecule has 0 aliphatic heterocycles. The van der Waals surface area contributed by atoms with Gasteiger partial charge in [0.05, 0.1) is 18.7 Å². The van der Waals surface area contributed by atoms with Crippen molar-refractivity contribution in [2.45, 2.75) is 27.2 Å². The van der Waals surface area contributed by atoms with Crippen molar-refractivity contribution >= 4 is 17.5 Å². The molecule has 0 saturated carbocycles. The number of hydrogen-bond donors (Lipinski definition) is 3. The normalized spacial score (nSPS) is 11.0. The molecule has 0 aliphatic carbocycles. The predicted octanol–water partition coefficient (Wildman–Crippen LogP) is 0.187. The quantitative estimate of drug-likeness (QED) is 0.500. The molecule has 4 N–H and O–H groups in total. The van der Waals surface area contributed by atoms with Crippen LogP contribution in [0.15, 0.2) is 12.1 Å². The standard InChI is InChI=1S/C18H33N5O2/c1-5-8-19-16-13-15(18(25)20-9-12-24)14-17(21-16)22(4)10-11-23(6-2)7-3/h13-14,24H,5-12H2,1-4H3,(H,19,21)(H,20,25)/p+1. The topological polar surface area (TPSA) is 85.3 Å². The molecule has 1 heterocycles. The summed E-state index contributed by atoms with van der Waals surface area (Å²) in [6, 6.07) is 3.63. The maximum Gasteiger partial charge on any atom is 0.251 e. The van der Waals surface area contributed by atoms with E-state index in [9.17, 15) is 4.79 Å². The number of aromatic nitrogens is 1. The Labute approximate surface area is 151 Å². The van der Waals surface area contributed by atoms with Gasteiger partial charge in [0.15, 0.2) is 0 Å². The van der Waals surface area contributed by atoms with Crippen molar-refractivity contribution < 1.29 is 15.2 Å². The second-order valence-corrected chi connectivity index (χ2v) is 6.06. The zero-order valence-corrected chi connectivity index (χ0v) is 16.1. The first-order valence-corrected chi connectivity index (χ1v) is 9.23. The van der Waals surface area contributed by atoms with E-state index < -0.39 is 0 Å². The number of nitrogens with one attached hydrogen (secondary N) is 1. The molecule has 142 valence electrons. The van der Waals surface area contributed by atoms with Gasteiger partial charge in [-0.3, -0.25) is 10.1 Å². The maximum atomic E-state index is 12.3. The van der Waals surface area contributed by atoms with Crippen molar-refractivity contribution in [2.24, 2.45) is 0 Å². The molecule has 25 heavy (non-hydrogen) atoms. The molecule has 0 atom stereocenters. The lowest BCUT2D eigenvalue weighted by Crippen LogP contribution is -2.78. The van der Waals surface area contributed by atoms with Gasteiger partial charge in [-0.05, 0) is 25.6 Å². The Kier molecular flexibility index (Phi) is 10.1. The van der Waals surface area contributed by atoms with E-state index in [0.717, 1.165) is 50.8 Å². The van der Waals surface area contributed by atoms with Crippen LogP contribution in [0.4, 0.5) is 11.6 Å². The molecule has 0 unspecified atom stereocenters. The Balaban J connectivity index is 2.92. The van der Waals surface area contributed by atoms with E-state index in [2.05, 4.69) is 46.2 Å². The summed E-state index contributed by atoms with van der Waals surface area (Å²) < 4.78 is 0. The fraction of sp³-hybridized carbons (Fsp3) is 0.667. The van der Waals surface area contributed by atoms with Gasteiger partial charge >= 0.3 is 0 Å². The minimum Gasteiger partial charge on any atom is -0.395 e. The number of anilines is 1. The number of likely N-dealkylation sites (N-methyl/N-ethyl adjacent to an activating group) is 2. The highest BCUT2D eigenvalue weighted by Gasteiger charge is 2.14. The molecule has 1 aromatic rings. The summed E-state index contributed by atoms with van der Waals surface area (Å²) in [4.78, 5) is 21.4. The van der Waals surface area contributed by atoms with Gasteiger partial charge in [0.25, 0.3) is 5.91 Å². The van der Waals surface area contributed by atoms with Crippen LogP contribution in [0.5, 0.6) is 0 Å². The fourth-order valence-electron chi connectivity index (χ4n) is 2.48. The Morgan fingerprint density at radius 1 is 1.24 bits per heavy atom. The van der Waals surface area contributed by atoms with Gasteiger partial charge in [0.2, 0.25) is 5.82 Å². The Morgan fingerprint density at radius 2 is 1.96 bits per heavy atom. The molecular weight excluding hydrogens is 318 g/mol. The zero-order valence-electron chi connectivity index (χ0n) is 16.1. The lowest BCUT2D eigenvalue weighted by Gasteiger charge is -2.24. The monoisotopic (exact) mass is 352 g/mol. The third-order valence-corrected chi connectivity index (χ3v) is 4.17.